The molecule has 0 atom stereocenters. The van der Waals surface area contributed by atoms with Gasteiger partial charge in [-0.2, -0.15) is 0 Å². The number of methoxy groups -OCH3 is 1. The second kappa shape index (κ2) is 5.52. The molecule has 0 aromatic heterocycles. The van der Waals surface area contributed by atoms with Crippen LogP contribution in [0.2, 0.25) is 0 Å². The number of carbonyl (C=O) groups is 1. The topological polar surface area (TPSA) is 84.6 Å². The van der Waals surface area contributed by atoms with E-state index in [1.54, 1.807) is 44.4 Å². The fourth-order valence-corrected chi connectivity index (χ4v) is 1.93. The smallest absolute Gasteiger partial charge is 0.336 e. The molecule has 104 valence electrons. The summed E-state index contributed by atoms with van der Waals surface area (Å²) in [5, 5.41) is 12.3. The van der Waals surface area contributed by atoms with Gasteiger partial charge in [0.2, 0.25) is 0 Å². The Morgan fingerprint density at radius 3 is 2.60 bits per heavy atom. The summed E-state index contributed by atoms with van der Waals surface area (Å²) in [6.07, 6.45) is 0. The maximum Gasteiger partial charge on any atom is 0.336 e. The molecule has 0 aliphatic heterocycles. The molecule has 0 unspecified atom stereocenters. The van der Waals surface area contributed by atoms with E-state index in [2.05, 4.69) is 5.32 Å². The quantitative estimate of drug-likeness (QED) is 0.745. The highest BCUT2D eigenvalue weighted by Gasteiger charge is 2.11. The molecule has 20 heavy (non-hydrogen) atoms. The number of carboxylic acids is 1. The van der Waals surface area contributed by atoms with Crippen LogP contribution < -0.4 is 15.8 Å². The van der Waals surface area contributed by atoms with Crippen molar-refractivity contribution in [3.05, 3.63) is 47.5 Å². The molecule has 0 bridgehead atoms. The zero-order valence-electron chi connectivity index (χ0n) is 11.3. The van der Waals surface area contributed by atoms with E-state index in [0.29, 0.717) is 28.4 Å². The lowest BCUT2D eigenvalue weighted by Crippen LogP contribution is -2.04. The lowest BCUT2D eigenvalue weighted by atomic mass is 10.1. The van der Waals surface area contributed by atoms with E-state index in [1.165, 1.54) is 0 Å². The number of rotatable bonds is 4. The van der Waals surface area contributed by atoms with Gasteiger partial charge in [0.15, 0.2) is 0 Å². The predicted molar refractivity (Wildman–Crippen MR) is 78.8 cm³/mol. The van der Waals surface area contributed by atoms with Crippen LogP contribution in [-0.4, -0.2) is 18.2 Å². The Bertz CT molecular complexity index is 654. The van der Waals surface area contributed by atoms with Gasteiger partial charge in [-0.3, -0.25) is 0 Å². The Labute approximate surface area is 117 Å². The van der Waals surface area contributed by atoms with Crippen molar-refractivity contribution in [3.8, 4) is 5.75 Å². The molecule has 0 aliphatic rings. The number of carboxylic acid groups (broad SMARTS) is 1. The molecule has 0 saturated heterocycles. The van der Waals surface area contributed by atoms with Crippen molar-refractivity contribution in [2.24, 2.45) is 0 Å². The first kappa shape index (κ1) is 13.7. The number of hydrogen-bond acceptors (Lipinski definition) is 4. The molecule has 2 aromatic rings. The van der Waals surface area contributed by atoms with E-state index in [4.69, 9.17) is 15.6 Å². The van der Waals surface area contributed by atoms with Crippen LogP contribution in [0, 0.1) is 6.92 Å². The van der Waals surface area contributed by atoms with Crippen LogP contribution in [0.3, 0.4) is 0 Å². The summed E-state index contributed by atoms with van der Waals surface area (Å²) in [5.74, 6) is -0.280. The number of benzene rings is 2. The van der Waals surface area contributed by atoms with Crippen LogP contribution in [0.1, 0.15) is 15.9 Å². The monoisotopic (exact) mass is 272 g/mol. The van der Waals surface area contributed by atoms with Crippen LogP contribution in [-0.2, 0) is 0 Å². The zero-order chi connectivity index (χ0) is 14.7. The van der Waals surface area contributed by atoms with Crippen LogP contribution >= 0.6 is 0 Å². The average Bonchev–Trinajstić information content (AvgIpc) is 2.42. The molecule has 5 heteroatoms. The molecule has 0 spiro atoms. The standard InChI is InChI=1S/C15H16N2O3/c1-9-11(15(18)19)4-3-5-13(9)17-14-7-6-10(20-2)8-12(14)16/h3-8,17H,16H2,1-2H3,(H,18,19). The van der Waals surface area contributed by atoms with Gasteiger partial charge in [0.1, 0.15) is 5.75 Å². The van der Waals surface area contributed by atoms with Gasteiger partial charge in [0.05, 0.1) is 24.0 Å². The Balaban J connectivity index is 2.35. The summed E-state index contributed by atoms with van der Waals surface area (Å²) in [6, 6.07) is 10.4. The fourth-order valence-electron chi connectivity index (χ4n) is 1.93. The van der Waals surface area contributed by atoms with Crippen molar-refractivity contribution in [2.75, 3.05) is 18.2 Å². The van der Waals surface area contributed by atoms with Gasteiger partial charge in [-0.15, -0.1) is 0 Å². The summed E-state index contributed by atoms with van der Waals surface area (Å²) in [6.45, 7) is 1.76. The number of anilines is 3. The normalized spacial score (nSPS) is 10.1. The van der Waals surface area contributed by atoms with Crippen LogP contribution in [0.15, 0.2) is 36.4 Å². The van der Waals surface area contributed by atoms with E-state index in [1.807, 2.05) is 6.07 Å². The SMILES string of the molecule is COc1ccc(Nc2cccc(C(=O)O)c2C)c(N)c1. The van der Waals surface area contributed by atoms with Crippen LogP contribution in [0.5, 0.6) is 5.75 Å². The van der Waals surface area contributed by atoms with Gasteiger partial charge in [-0.05, 0) is 36.8 Å². The number of aromatic carboxylic acids is 1. The second-order valence-corrected chi connectivity index (χ2v) is 4.36. The van der Waals surface area contributed by atoms with Gasteiger partial charge in [-0.25, -0.2) is 4.79 Å². The molecule has 5 nitrogen and oxygen atoms in total. The Hall–Kier alpha value is -2.69. The van der Waals surface area contributed by atoms with Crippen molar-refractivity contribution in [1.82, 2.24) is 0 Å². The molecular formula is C15H16N2O3. The molecule has 4 N–H and O–H groups in total. The maximum atomic E-state index is 11.1. The lowest BCUT2D eigenvalue weighted by Gasteiger charge is -2.14. The van der Waals surface area contributed by atoms with Crippen LogP contribution in [0.4, 0.5) is 17.1 Å². The van der Waals surface area contributed by atoms with Crippen molar-refractivity contribution in [2.45, 2.75) is 6.92 Å². The lowest BCUT2D eigenvalue weighted by molar-refractivity contribution is 0.0696. The largest absolute Gasteiger partial charge is 0.497 e. The molecule has 0 fully saturated rings. The molecule has 0 saturated carbocycles. The van der Waals surface area contributed by atoms with Gasteiger partial charge >= 0.3 is 5.97 Å². The summed E-state index contributed by atoms with van der Waals surface area (Å²) < 4.78 is 5.09. The zero-order valence-corrected chi connectivity index (χ0v) is 11.3. The predicted octanol–water partition coefficient (Wildman–Crippen LogP) is 3.03. The first-order valence-corrected chi connectivity index (χ1v) is 6.06. The number of nitrogens with one attached hydrogen (secondary N) is 1. The van der Waals surface area contributed by atoms with Crippen molar-refractivity contribution >= 4 is 23.0 Å². The molecule has 2 aromatic carbocycles. The minimum Gasteiger partial charge on any atom is -0.497 e. The first-order chi connectivity index (χ1) is 9.52. The third-order valence-corrected chi connectivity index (χ3v) is 3.09. The van der Waals surface area contributed by atoms with E-state index in [0.717, 1.165) is 0 Å². The van der Waals surface area contributed by atoms with E-state index in [9.17, 15) is 4.79 Å². The minimum atomic E-state index is -0.950. The van der Waals surface area contributed by atoms with E-state index in [-0.39, 0.29) is 5.56 Å². The fraction of sp³-hybridized carbons (Fsp3) is 0.133. The number of nitrogens with two attached hydrogens (primary N) is 1. The van der Waals surface area contributed by atoms with Crippen molar-refractivity contribution < 1.29 is 14.6 Å². The number of hydrogen-bond donors (Lipinski definition) is 3. The molecule has 2 rings (SSSR count). The Morgan fingerprint density at radius 1 is 1.25 bits per heavy atom. The van der Waals surface area contributed by atoms with Crippen LogP contribution in [0.25, 0.3) is 0 Å². The first-order valence-electron chi connectivity index (χ1n) is 6.06. The van der Waals surface area contributed by atoms with Crippen molar-refractivity contribution in [1.29, 1.82) is 0 Å². The second-order valence-electron chi connectivity index (χ2n) is 4.36. The minimum absolute atomic E-state index is 0.266. The molecular weight excluding hydrogens is 256 g/mol. The molecule has 0 heterocycles. The molecule has 0 amide bonds. The van der Waals surface area contributed by atoms with Gasteiger partial charge in [0, 0.05) is 11.8 Å². The van der Waals surface area contributed by atoms with Gasteiger partial charge < -0.3 is 20.9 Å². The Morgan fingerprint density at radius 2 is 2.00 bits per heavy atom. The van der Waals surface area contributed by atoms with Gasteiger partial charge in [0.25, 0.3) is 0 Å². The highest BCUT2D eigenvalue weighted by molar-refractivity contribution is 5.92. The highest BCUT2D eigenvalue weighted by atomic mass is 16.5. The third-order valence-electron chi connectivity index (χ3n) is 3.09. The number of nitrogen functional groups attached to an aromatic ring is 1. The maximum absolute atomic E-state index is 11.1. The van der Waals surface area contributed by atoms with E-state index >= 15 is 0 Å². The highest BCUT2D eigenvalue weighted by Crippen LogP contribution is 2.29. The Kier molecular flexibility index (Phi) is 3.79. The van der Waals surface area contributed by atoms with Crippen molar-refractivity contribution in [3.63, 3.8) is 0 Å². The summed E-state index contributed by atoms with van der Waals surface area (Å²) in [7, 11) is 1.57. The van der Waals surface area contributed by atoms with E-state index < -0.39 is 5.97 Å². The van der Waals surface area contributed by atoms with Gasteiger partial charge in [-0.1, -0.05) is 6.07 Å². The number of ether oxygens (including phenoxy) is 1. The third kappa shape index (κ3) is 2.66. The molecule has 0 aliphatic carbocycles. The summed E-state index contributed by atoms with van der Waals surface area (Å²) >= 11 is 0. The summed E-state index contributed by atoms with van der Waals surface area (Å²) in [4.78, 5) is 11.1. The average molecular weight is 272 g/mol. The molecule has 0 radical (unpaired) electrons. The summed E-state index contributed by atoms with van der Waals surface area (Å²) in [5.41, 5.74) is 8.81.